The summed E-state index contributed by atoms with van der Waals surface area (Å²) in [5.74, 6) is 0.757. The summed E-state index contributed by atoms with van der Waals surface area (Å²) < 4.78 is 5.68. The van der Waals surface area contributed by atoms with E-state index in [1.165, 1.54) is 12.8 Å². The first-order chi connectivity index (χ1) is 12.6. The largest absolute Gasteiger partial charge is 0.484 e. The van der Waals surface area contributed by atoms with E-state index >= 15 is 0 Å². The van der Waals surface area contributed by atoms with E-state index in [2.05, 4.69) is 13.8 Å². The Morgan fingerprint density at radius 3 is 2.19 bits per heavy atom. The summed E-state index contributed by atoms with van der Waals surface area (Å²) in [6, 6.07) is 7.71. The number of carbonyl (C=O) groups is 2. The molecule has 2 amide bonds. The smallest absolute Gasteiger partial charge is 0.260 e. The summed E-state index contributed by atoms with van der Waals surface area (Å²) >= 11 is 0. The third-order valence-electron chi connectivity index (χ3n) is 5.59. The van der Waals surface area contributed by atoms with Gasteiger partial charge in [0, 0.05) is 30.7 Å². The highest BCUT2D eigenvalue weighted by Crippen LogP contribution is 2.23. The first-order valence-corrected chi connectivity index (χ1v) is 9.89. The van der Waals surface area contributed by atoms with Crippen molar-refractivity contribution in [1.29, 1.82) is 0 Å². The van der Waals surface area contributed by atoms with Crippen molar-refractivity contribution >= 4 is 11.8 Å². The second-order valence-electron chi connectivity index (χ2n) is 7.60. The van der Waals surface area contributed by atoms with Gasteiger partial charge < -0.3 is 14.5 Å². The molecule has 0 spiro atoms. The average Bonchev–Trinajstić information content (AvgIpc) is 2.67. The summed E-state index contributed by atoms with van der Waals surface area (Å²) in [5.41, 5.74) is 0.684. The molecule has 142 valence electrons. The molecule has 0 aromatic heterocycles. The van der Waals surface area contributed by atoms with Gasteiger partial charge in [-0.3, -0.25) is 9.59 Å². The maximum Gasteiger partial charge on any atom is 0.260 e. The fourth-order valence-electron chi connectivity index (χ4n) is 4.11. The zero-order chi connectivity index (χ0) is 18.5. The number of carbonyl (C=O) groups excluding carboxylic acids is 2. The topological polar surface area (TPSA) is 49.9 Å². The summed E-state index contributed by atoms with van der Waals surface area (Å²) in [5, 5.41) is 0. The van der Waals surface area contributed by atoms with Crippen LogP contribution in [0.25, 0.3) is 0 Å². The summed E-state index contributed by atoms with van der Waals surface area (Å²) in [7, 11) is 0. The highest BCUT2D eigenvalue weighted by atomic mass is 16.5. The van der Waals surface area contributed by atoms with Gasteiger partial charge in [-0.05, 0) is 76.6 Å². The van der Waals surface area contributed by atoms with E-state index in [1.54, 1.807) is 24.3 Å². The van der Waals surface area contributed by atoms with Gasteiger partial charge in [0.1, 0.15) is 5.75 Å². The number of piperidine rings is 2. The van der Waals surface area contributed by atoms with Crippen LogP contribution in [0.15, 0.2) is 24.3 Å². The second kappa shape index (κ2) is 8.56. The molecule has 0 radical (unpaired) electrons. The SMILES string of the molecule is CC1CCCC(C)N1C(=O)COc1ccc(C(=O)N2CCCCC2)cc1. The van der Waals surface area contributed by atoms with Crippen LogP contribution in [0.3, 0.4) is 0 Å². The van der Waals surface area contributed by atoms with Crippen molar-refractivity contribution < 1.29 is 14.3 Å². The fraction of sp³-hybridized carbons (Fsp3) is 0.619. The molecule has 2 heterocycles. The van der Waals surface area contributed by atoms with Gasteiger partial charge in [-0.1, -0.05) is 0 Å². The third kappa shape index (κ3) is 4.37. The van der Waals surface area contributed by atoms with Crippen LogP contribution in [0.1, 0.15) is 62.7 Å². The molecule has 1 aromatic carbocycles. The molecule has 2 saturated heterocycles. The zero-order valence-corrected chi connectivity index (χ0v) is 15.9. The molecule has 0 saturated carbocycles. The first-order valence-electron chi connectivity index (χ1n) is 9.89. The number of hydrogen-bond donors (Lipinski definition) is 0. The lowest BCUT2D eigenvalue weighted by Gasteiger charge is -2.38. The Kier molecular flexibility index (Phi) is 6.17. The molecule has 5 heteroatoms. The highest BCUT2D eigenvalue weighted by Gasteiger charge is 2.29. The molecule has 5 nitrogen and oxygen atoms in total. The molecule has 2 fully saturated rings. The van der Waals surface area contributed by atoms with Crippen molar-refractivity contribution in [3.8, 4) is 5.75 Å². The molecule has 0 bridgehead atoms. The number of nitrogens with zero attached hydrogens (tertiary/aromatic N) is 2. The molecular formula is C21H30N2O3. The van der Waals surface area contributed by atoms with E-state index in [4.69, 9.17) is 4.74 Å². The van der Waals surface area contributed by atoms with Crippen LogP contribution >= 0.6 is 0 Å². The van der Waals surface area contributed by atoms with Crippen molar-refractivity contribution in [2.24, 2.45) is 0 Å². The molecule has 0 aliphatic carbocycles. The highest BCUT2D eigenvalue weighted by molar-refractivity contribution is 5.94. The molecule has 2 unspecified atom stereocenters. The van der Waals surface area contributed by atoms with Crippen LogP contribution < -0.4 is 4.74 Å². The van der Waals surface area contributed by atoms with Crippen LogP contribution in [-0.2, 0) is 4.79 Å². The van der Waals surface area contributed by atoms with Crippen LogP contribution in [0.5, 0.6) is 5.75 Å². The molecule has 2 atom stereocenters. The summed E-state index contributed by atoms with van der Waals surface area (Å²) in [6.07, 6.45) is 6.68. The summed E-state index contributed by atoms with van der Waals surface area (Å²) in [4.78, 5) is 28.9. The predicted molar refractivity (Wildman–Crippen MR) is 101 cm³/mol. The lowest BCUT2D eigenvalue weighted by Crippen LogP contribution is -2.49. The Morgan fingerprint density at radius 2 is 1.58 bits per heavy atom. The standard InChI is InChI=1S/C21H30N2O3/c1-16-7-6-8-17(2)23(16)20(24)15-26-19-11-9-18(10-12-19)21(25)22-13-4-3-5-14-22/h9-12,16-17H,3-8,13-15H2,1-2H3. The minimum Gasteiger partial charge on any atom is -0.484 e. The Hall–Kier alpha value is -2.04. The Balaban J connectivity index is 1.54. The van der Waals surface area contributed by atoms with Gasteiger partial charge in [0.2, 0.25) is 0 Å². The Labute approximate surface area is 156 Å². The number of rotatable bonds is 4. The molecule has 2 aliphatic heterocycles. The molecular weight excluding hydrogens is 328 g/mol. The Bertz CT molecular complexity index is 613. The number of amides is 2. The maximum atomic E-state index is 12.5. The minimum atomic E-state index is 0.0400. The molecule has 2 aliphatic rings. The van der Waals surface area contributed by atoms with E-state index in [0.717, 1.165) is 38.8 Å². The van der Waals surface area contributed by atoms with Crippen LogP contribution in [0.2, 0.25) is 0 Å². The van der Waals surface area contributed by atoms with Gasteiger partial charge >= 0.3 is 0 Å². The molecule has 0 N–H and O–H groups in total. The van der Waals surface area contributed by atoms with Crippen molar-refractivity contribution in [2.45, 2.75) is 64.5 Å². The quantitative estimate of drug-likeness (QED) is 0.828. The van der Waals surface area contributed by atoms with Crippen LogP contribution in [0.4, 0.5) is 0 Å². The van der Waals surface area contributed by atoms with Crippen molar-refractivity contribution in [2.75, 3.05) is 19.7 Å². The number of likely N-dealkylation sites (tertiary alicyclic amines) is 2. The van der Waals surface area contributed by atoms with E-state index in [0.29, 0.717) is 11.3 Å². The monoisotopic (exact) mass is 358 g/mol. The summed E-state index contributed by atoms with van der Waals surface area (Å²) in [6.45, 7) is 5.95. The molecule has 1 aromatic rings. The molecule has 26 heavy (non-hydrogen) atoms. The van der Waals surface area contributed by atoms with Gasteiger partial charge in [0.05, 0.1) is 0 Å². The molecule has 3 rings (SSSR count). The van der Waals surface area contributed by atoms with Gasteiger partial charge in [0.25, 0.3) is 11.8 Å². The van der Waals surface area contributed by atoms with E-state index in [-0.39, 0.29) is 30.5 Å². The first kappa shape index (κ1) is 18.7. The van der Waals surface area contributed by atoms with Gasteiger partial charge in [-0.25, -0.2) is 0 Å². The van der Waals surface area contributed by atoms with Crippen molar-refractivity contribution in [1.82, 2.24) is 9.80 Å². The van der Waals surface area contributed by atoms with E-state index < -0.39 is 0 Å². The van der Waals surface area contributed by atoms with Gasteiger partial charge in [-0.15, -0.1) is 0 Å². The second-order valence-corrected chi connectivity index (χ2v) is 7.60. The van der Waals surface area contributed by atoms with Crippen molar-refractivity contribution in [3.63, 3.8) is 0 Å². The fourth-order valence-corrected chi connectivity index (χ4v) is 4.11. The number of benzene rings is 1. The predicted octanol–water partition coefficient (Wildman–Crippen LogP) is 3.48. The van der Waals surface area contributed by atoms with E-state index in [9.17, 15) is 9.59 Å². The number of ether oxygens (including phenoxy) is 1. The lowest BCUT2D eigenvalue weighted by molar-refractivity contribution is -0.139. The maximum absolute atomic E-state index is 12.5. The number of hydrogen-bond acceptors (Lipinski definition) is 3. The minimum absolute atomic E-state index is 0.0400. The third-order valence-corrected chi connectivity index (χ3v) is 5.59. The normalized spacial score (nSPS) is 23.6. The van der Waals surface area contributed by atoms with Gasteiger partial charge in [0.15, 0.2) is 6.61 Å². The van der Waals surface area contributed by atoms with Gasteiger partial charge in [-0.2, -0.15) is 0 Å². The lowest BCUT2D eigenvalue weighted by atomic mass is 9.97. The van der Waals surface area contributed by atoms with Crippen LogP contribution in [0, 0.1) is 0 Å². The van der Waals surface area contributed by atoms with E-state index in [1.807, 2.05) is 9.80 Å². The zero-order valence-electron chi connectivity index (χ0n) is 15.9. The van der Waals surface area contributed by atoms with Crippen molar-refractivity contribution in [3.05, 3.63) is 29.8 Å². The Morgan fingerprint density at radius 1 is 0.962 bits per heavy atom. The van der Waals surface area contributed by atoms with Crippen LogP contribution in [-0.4, -0.2) is 53.4 Å². The average molecular weight is 358 g/mol.